The van der Waals surface area contributed by atoms with Gasteiger partial charge in [0.25, 0.3) is 0 Å². The van der Waals surface area contributed by atoms with Crippen molar-refractivity contribution >= 4 is 66.5 Å². The Labute approximate surface area is 142 Å². The molecule has 0 heterocycles. The second-order valence-electron chi connectivity index (χ2n) is 1.00. The zero-order valence-corrected chi connectivity index (χ0v) is 16.5. The van der Waals surface area contributed by atoms with Crippen LogP contribution in [-0.4, -0.2) is 66.5 Å². The van der Waals surface area contributed by atoms with Crippen LogP contribution in [0.4, 0.5) is 0 Å². The summed E-state index contributed by atoms with van der Waals surface area (Å²) in [6, 6.07) is 0. The first-order chi connectivity index (χ1) is 5.00. The maximum atomic E-state index is 8.58. The first-order valence-corrected chi connectivity index (χ1v) is 6.27. The third-order valence-electron chi connectivity index (χ3n) is 0. The Balaban J connectivity index is -0.0000000197. The number of hydrogen-bond acceptors (Lipinski definition) is 9. The SMILES string of the molecule is [In+3].[Li+].[Mn+2].[O-][Si]([O-])([O-])[O-].[O-][Si]([O-])([O-])[O-].[O]=[Sn+2]. The fourth-order valence-corrected chi connectivity index (χ4v) is 0. The van der Waals surface area contributed by atoms with Gasteiger partial charge in [-0.1, -0.05) is 0 Å². The van der Waals surface area contributed by atoms with Crippen molar-refractivity contribution in [2.75, 3.05) is 0 Å². The van der Waals surface area contributed by atoms with Crippen LogP contribution in [0.1, 0.15) is 0 Å². The second-order valence-corrected chi connectivity index (χ2v) is 3.00. The second kappa shape index (κ2) is 19.0. The standard InChI is InChI=1S/In.Li.Mn.2O4Si.O.Sn/c;;;2*1-5(2,3)4;;/q+3;+1;+2;2*-4;;+2. The van der Waals surface area contributed by atoms with Gasteiger partial charge in [-0.15, -0.1) is 0 Å². The van der Waals surface area contributed by atoms with Gasteiger partial charge in [0.15, 0.2) is 0 Å². The summed E-state index contributed by atoms with van der Waals surface area (Å²) >= 11 is 0.300. The quantitative estimate of drug-likeness (QED) is 0.292. The average Bonchev–Trinajstić information content (AvgIpc) is 1.59. The predicted octanol–water partition coefficient (Wildman–Crippen LogP) is -14.2. The van der Waals surface area contributed by atoms with E-state index in [1.165, 1.54) is 0 Å². The molecule has 0 rings (SSSR count). The van der Waals surface area contributed by atoms with Crippen molar-refractivity contribution in [3.63, 3.8) is 0 Å². The number of rotatable bonds is 0. The van der Waals surface area contributed by atoms with E-state index in [0.29, 0.717) is 22.5 Å². The van der Waals surface area contributed by atoms with Gasteiger partial charge >= 0.3 is 87.4 Å². The van der Waals surface area contributed by atoms with Crippen molar-refractivity contribution in [3.8, 4) is 0 Å². The maximum absolute atomic E-state index is 8.58. The Kier molecular flexibility index (Phi) is 45.8. The molecule has 15 heavy (non-hydrogen) atoms. The predicted molar refractivity (Wildman–Crippen MR) is 23.7 cm³/mol. The van der Waals surface area contributed by atoms with Gasteiger partial charge in [0.1, 0.15) is 0 Å². The van der Waals surface area contributed by atoms with E-state index in [-0.39, 0.29) is 61.8 Å². The Morgan fingerprint density at radius 3 is 0.667 bits per heavy atom. The Morgan fingerprint density at radius 1 is 0.667 bits per heavy atom. The molecule has 0 amide bonds. The van der Waals surface area contributed by atoms with Crippen LogP contribution in [0.15, 0.2) is 0 Å². The molecular weight excluding hydrogens is 496 g/mol. The monoisotopic (exact) mass is 497 g/mol. The normalized spacial score (nSPS) is 8.40. The van der Waals surface area contributed by atoms with Gasteiger partial charge in [-0.05, 0) is 0 Å². The van der Waals surface area contributed by atoms with E-state index in [9.17, 15) is 0 Å². The molecule has 0 bridgehead atoms. The molecule has 0 aromatic rings. The minimum atomic E-state index is -5.61. The van der Waals surface area contributed by atoms with Crippen LogP contribution in [0.3, 0.4) is 0 Å². The molecule has 1 radical (unpaired) electrons. The van der Waals surface area contributed by atoms with Gasteiger partial charge in [-0.3, -0.25) is 0 Å². The molecule has 0 aliphatic heterocycles. The van der Waals surface area contributed by atoms with Gasteiger partial charge in [-0.25, -0.2) is 0 Å². The van der Waals surface area contributed by atoms with E-state index in [4.69, 9.17) is 41.4 Å². The fraction of sp³-hybridized carbons (Fsp3) is 0. The van der Waals surface area contributed by atoms with E-state index in [2.05, 4.69) is 0 Å². The van der Waals surface area contributed by atoms with Crippen molar-refractivity contribution < 1.29 is 77.4 Å². The third-order valence-corrected chi connectivity index (χ3v) is 0. The third kappa shape index (κ3) is 495. The Bertz CT molecular complexity index is 81.3. The van der Waals surface area contributed by atoms with E-state index in [1.807, 2.05) is 0 Å². The van der Waals surface area contributed by atoms with Crippen LogP contribution in [-0.2, 0) is 20.1 Å². The van der Waals surface area contributed by atoms with Crippen LogP contribution in [0.2, 0.25) is 0 Å². The fourth-order valence-electron chi connectivity index (χ4n) is 0. The molecular formula is InLiMnO9Si2Sn. The van der Waals surface area contributed by atoms with Gasteiger partial charge in [0, 0.05) is 0 Å². The zero-order chi connectivity index (χ0) is 11.0. The summed E-state index contributed by atoms with van der Waals surface area (Å²) in [7, 11) is -11.2. The Hall–Kier alpha value is 2.70. The minimum absolute atomic E-state index is 0. The molecule has 15 heteroatoms. The summed E-state index contributed by atoms with van der Waals surface area (Å²) in [5.41, 5.74) is 0. The van der Waals surface area contributed by atoms with Gasteiger partial charge in [-0.2, -0.15) is 0 Å². The van der Waals surface area contributed by atoms with Crippen LogP contribution in [0.5, 0.6) is 0 Å². The summed E-state index contributed by atoms with van der Waals surface area (Å²) < 4.78 is 8.34. The van der Waals surface area contributed by atoms with Crippen molar-refractivity contribution in [1.29, 1.82) is 0 Å². The van der Waals surface area contributed by atoms with Gasteiger partial charge < -0.3 is 56.5 Å². The molecule has 0 atom stereocenters. The van der Waals surface area contributed by atoms with Gasteiger partial charge in [0.05, 0.1) is 0 Å². The van der Waals surface area contributed by atoms with Gasteiger partial charge in [0.2, 0.25) is 0 Å². The van der Waals surface area contributed by atoms with E-state index in [1.54, 1.807) is 0 Å². The molecule has 0 unspecified atom stereocenters. The molecule has 0 saturated carbocycles. The van der Waals surface area contributed by atoms with Crippen molar-refractivity contribution in [2.24, 2.45) is 0 Å². The average molecular weight is 496 g/mol. The molecule has 0 saturated heterocycles. The molecule has 0 aromatic heterocycles. The Morgan fingerprint density at radius 2 is 0.667 bits per heavy atom. The van der Waals surface area contributed by atoms with Crippen molar-refractivity contribution in [3.05, 3.63) is 0 Å². The van der Waals surface area contributed by atoms with E-state index in [0.717, 1.165) is 0 Å². The van der Waals surface area contributed by atoms with Crippen LogP contribution in [0, 0.1) is 0 Å². The van der Waals surface area contributed by atoms with Crippen LogP contribution in [0.25, 0.3) is 0 Å². The molecule has 0 fully saturated rings. The van der Waals surface area contributed by atoms with Crippen molar-refractivity contribution in [2.45, 2.75) is 0 Å². The molecule has 9 nitrogen and oxygen atoms in total. The molecule has 0 aliphatic carbocycles. The zero-order valence-electron chi connectivity index (χ0n) is 7.13. The van der Waals surface area contributed by atoms with Crippen LogP contribution < -0.4 is 57.2 Å². The topological polar surface area (TPSA) is 202 Å². The first-order valence-electron chi connectivity index (χ1n) is 1.84. The summed E-state index contributed by atoms with van der Waals surface area (Å²) in [4.78, 5) is 68.6. The molecule has 77 valence electrons. The van der Waals surface area contributed by atoms with Crippen molar-refractivity contribution in [1.82, 2.24) is 0 Å². The van der Waals surface area contributed by atoms with E-state index < -0.39 is 18.1 Å². The first kappa shape index (κ1) is 36.1. The summed E-state index contributed by atoms with van der Waals surface area (Å²) in [6.45, 7) is 0. The molecule has 0 aliphatic rings. The molecule has 0 aromatic carbocycles. The van der Waals surface area contributed by atoms with E-state index >= 15 is 0 Å². The summed E-state index contributed by atoms with van der Waals surface area (Å²) in [5.74, 6) is 0. The summed E-state index contributed by atoms with van der Waals surface area (Å²) in [5, 5.41) is 0. The number of hydrogen-bond donors (Lipinski definition) is 0. The summed E-state index contributed by atoms with van der Waals surface area (Å²) in [6.07, 6.45) is 0. The molecule has 0 N–H and O–H groups in total. The van der Waals surface area contributed by atoms with Crippen LogP contribution >= 0.6 is 0 Å². The molecule has 0 spiro atoms.